The van der Waals surface area contributed by atoms with Crippen LogP contribution in [0.15, 0.2) is 12.1 Å². The van der Waals surface area contributed by atoms with Crippen LogP contribution < -0.4 is 5.32 Å². The number of hydrogen-bond donors (Lipinski definition) is 2. The molecule has 2 heterocycles. The number of nitrogens with zero attached hydrogens (tertiary/aromatic N) is 2. The number of nitrogens with one attached hydrogen (secondary N) is 1. The van der Waals surface area contributed by atoms with Crippen LogP contribution in [0.25, 0.3) is 0 Å². The maximum absolute atomic E-state index is 12.9. The van der Waals surface area contributed by atoms with Gasteiger partial charge in [-0.2, -0.15) is 0 Å². The van der Waals surface area contributed by atoms with E-state index < -0.39 is 5.60 Å². The molecule has 1 saturated heterocycles. The first-order valence-corrected chi connectivity index (χ1v) is 10.6. The second-order valence-corrected chi connectivity index (χ2v) is 8.58. The summed E-state index contributed by atoms with van der Waals surface area (Å²) in [5, 5.41) is 14.3. The molecule has 3 rings (SSSR count). The maximum atomic E-state index is 12.9. The quantitative estimate of drug-likeness (QED) is 0.771. The molecule has 1 aromatic rings. The number of pyridine rings is 1. The van der Waals surface area contributed by atoms with E-state index in [1.54, 1.807) is 0 Å². The van der Waals surface area contributed by atoms with Crippen LogP contribution in [-0.2, 0) is 11.3 Å². The third kappa shape index (κ3) is 5.52. The van der Waals surface area contributed by atoms with Crippen molar-refractivity contribution in [3.63, 3.8) is 0 Å². The SMILES string of the molecule is Cc1cc(CNC[C@]2(O)CCCN(CCC3CCCCC3)C2=O)cc(C)n1. The highest BCUT2D eigenvalue weighted by molar-refractivity contribution is 5.86. The number of carbonyl (C=O) groups excluding carboxylic acids is 1. The Hall–Kier alpha value is -1.46. The minimum absolute atomic E-state index is 0.0841. The molecule has 5 nitrogen and oxygen atoms in total. The zero-order valence-corrected chi connectivity index (χ0v) is 17.0. The summed E-state index contributed by atoms with van der Waals surface area (Å²) in [5.74, 6) is 0.678. The van der Waals surface area contributed by atoms with E-state index in [0.29, 0.717) is 19.5 Å². The molecule has 5 heteroatoms. The van der Waals surface area contributed by atoms with Crippen molar-refractivity contribution in [1.29, 1.82) is 0 Å². The number of aromatic nitrogens is 1. The Balaban J connectivity index is 1.50. The standard InChI is InChI=1S/C22H35N3O2/c1-17-13-20(14-18(2)24-17)15-23-16-22(27)10-6-11-25(21(22)26)12-9-19-7-4-3-5-8-19/h13-14,19,23,27H,3-12,15-16H2,1-2H3/t22-/m1/s1. The lowest BCUT2D eigenvalue weighted by atomic mass is 9.86. The molecule has 0 aromatic carbocycles. The van der Waals surface area contributed by atoms with Gasteiger partial charge in [0.15, 0.2) is 5.60 Å². The number of likely N-dealkylation sites (tertiary alicyclic amines) is 1. The summed E-state index contributed by atoms with van der Waals surface area (Å²) in [7, 11) is 0. The molecule has 1 atom stereocenters. The lowest BCUT2D eigenvalue weighted by Gasteiger charge is -2.39. The van der Waals surface area contributed by atoms with Gasteiger partial charge in [0.1, 0.15) is 0 Å². The van der Waals surface area contributed by atoms with Gasteiger partial charge in [0.25, 0.3) is 5.91 Å². The highest BCUT2D eigenvalue weighted by atomic mass is 16.3. The van der Waals surface area contributed by atoms with E-state index in [9.17, 15) is 9.90 Å². The summed E-state index contributed by atoms with van der Waals surface area (Å²) in [6.45, 7) is 6.51. The lowest BCUT2D eigenvalue weighted by Crippen LogP contribution is -2.58. The van der Waals surface area contributed by atoms with Crippen molar-refractivity contribution < 1.29 is 9.90 Å². The van der Waals surface area contributed by atoms with Crippen LogP contribution in [0.4, 0.5) is 0 Å². The molecule has 1 aliphatic heterocycles. The van der Waals surface area contributed by atoms with E-state index in [4.69, 9.17) is 0 Å². The molecule has 0 spiro atoms. The number of aliphatic hydroxyl groups is 1. The maximum Gasteiger partial charge on any atom is 0.255 e. The Bertz CT molecular complexity index is 622. The number of hydrogen-bond acceptors (Lipinski definition) is 4. The Morgan fingerprint density at radius 2 is 1.89 bits per heavy atom. The second-order valence-electron chi connectivity index (χ2n) is 8.58. The molecular formula is C22H35N3O2. The van der Waals surface area contributed by atoms with Crippen molar-refractivity contribution in [2.24, 2.45) is 5.92 Å². The van der Waals surface area contributed by atoms with Crippen LogP contribution in [0.2, 0.25) is 0 Å². The van der Waals surface area contributed by atoms with E-state index in [2.05, 4.69) is 10.3 Å². The van der Waals surface area contributed by atoms with Crippen LogP contribution >= 0.6 is 0 Å². The van der Waals surface area contributed by atoms with Crippen molar-refractivity contribution in [3.05, 3.63) is 29.1 Å². The summed E-state index contributed by atoms with van der Waals surface area (Å²) < 4.78 is 0. The fourth-order valence-corrected chi connectivity index (χ4v) is 4.69. The summed E-state index contributed by atoms with van der Waals surface area (Å²) >= 11 is 0. The van der Waals surface area contributed by atoms with Gasteiger partial charge < -0.3 is 15.3 Å². The number of carbonyl (C=O) groups is 1. The minimum atomic E-state index is -1.26. The zero-order valence-electron chi connectivity index (χ0n) is 17.0. The second kappa shape index (κ2) is 9.16. The molecule has 1 aromatic heterocycles. The number of amides is 1. The van der Waals surface area contributed by atoms with Gasteiger partial charge in [-0.15, -0.1) is 0 Å². The van der Waals surface area contributed by atoms with E-state index >= 15 is 0 Å². The molecule has 2 fully saturated rings. The topological polar surface area (TPSA) is 65.5 Å². The molecular weight excluding hydrogens is 338 g/mol. The van der Waals surface area contributed by atoms with Gasteiger partial charge >= 0.3 is 0 Å². The summed E-state index contributed by atoms with van der Waals surface area (Å²) in [6.07, 6.45) is 9.15. The monoisotopic (exact) mass is 373 g/mol. The van der Waals surface area contributed by atoms with Crippen LogP contribution in [0.3, 0.4) is 0 Å². The Morgan fingerprint density at radius 1 is 1.19 bits per heavy atom. The minimum Gasteiger partial charge on any atom is -0.379 e. The largest absolute Gasteiger partial charge is 0.379 e. The fourth-order valence-electron chi connectivity index (χ4n) is 4.69. The molecule has 150 valence electrons. The molecule has 27 heavy (non-hydrogen) atoms. The van der Waals surface area contributed by atoms with Crippen LogP contribution in [-0.4, -0.2) is 46.1 Å². The Kier molecular flexibility index (Phi) is 6.88. The Morgan fingerprint density at radius 3 is 2.59 bits per heavy atom. The molecule has 0 radical (unpaired) electrons. The van der Waals surface area contributed by atoms with Crippen molar-refractivity contribution in [1.82, 2.24) is 15.2 Å². The lowest BCUT2D eigenvalue weighted by molar-refractivity contribution is -0.156. The predicted octanol–water partition coefficient (Wildman–Crippen LogP) is 3.11. The van der Waals surface area contributed by atoms with Crippen molar-refractivity contribution in [2.75, 3.05) is 19.6 Å². The molecule has 1 amide bonds. The molecule has 0 bridgehead atoms. The first-order chi connectivity index (χ1) is 13.0. The number of rotatable bonds is 7. The van der Waals surface area contributed by atoms with Gasteiger partial charge in [-0.1, -0.05) is 32.1 Å². The van der Waals surface area contributed by atoms with E-state index in [0.717, 1.165) is 48.8 Å². The summed E-state index contributed by atoms with van der Waals surface area (Å²) in [4.78, 5) is 19.2. The molecule has 2 aliphatic rings. The molecule has 0 unspecified atom stereocenters. The summed E-state index contributed by atoms with van der Waals surface area (Å²) in [6, 6.07) is 4.09. The van der Waals surface area contributed by atoms with Crippen LogP contribution in [0, 0.1) is 19.8 Å². The van der Waals surface area contributed by atoms with Crippen molar-refractivity contribution >= 4 is 5.91 Å². The number of aryl methyl sites for hydroxylation is 2. The average molecular weight is 374 g/mol. The van der Waals surface area contributed by atoms with Crippen LogP contribution in [0.1, 0.15) is 68.3 Å². The normalized spacial score (nSPS) is 24.4. The van der Waals surface area contributed by atoms with Crippen LogP contribution in [0.5, 0.6) is 0 Å². The summed E-state index contributed by atoms with van der Waals surface area (Å²) in [5.41, 5.74) is 1.87. The molecule has 1 saturated carbocycles. The van der Waals surface area contributed by atoms with Gasteiger partial charge in [-0.3, -0.25) is 9.78 Å². The molecule has 1 aliphatic carbocycles. The third-order valence-electron chi connectivity index (χ3n) is 6.12. The smallest absolute Gasteiger partial charge is 0.255 e. The van der Waals surface area contributed by atoms with Crippen molar-refractivity contribution in [2.45, 2.75) is 77.4 Å². The van der Waals surface area contributed by atoms with Gasteiger partial charge in [-0.25, -0.2) is 0 Å². The third-order valence-corrected chi connectivity index (χ3v) is 6.12. The van der Waals surface area contributed by atoms with E-state index in [1.165, 1.54) is 32.1 Å². The average Bonchev–Trinajstić information content (AvgIpc) is 2.63. The van der Waals surface area contributed by atoms with Gasteiger partial charge in [-0.05, 0) is 56.7 Å². The fraction of sp³-hybridized carbons (Fsp3) is 0.727. The first kappa shape index (κ1) is 20.3. The Labute approximate surface area is 163 Å². The van der Waals surface area contributed by atoms with E-state index in [-0.39, 0.29) is 5.91 Å². The van der Waals surface area contributed by atoms with Crippen molar-refractivity contribution in [3.8, 4) is 0 Å². The van der Waals surface area contributed by atoms with Gasteiger partial charge in [0, 0.05) is 37.6 Å². The highest BCUT2D eigenvalue weighted by Gasteiger charge is 2.41. The zero-order chi connectivity index (χ0) is 19.3. The van der Waals surface area contributed by atoms with E-state index in [1.807, 2.05) is 30.9 Å². The van der Waals surface area contributed by atoms with Gasteiger partial charge in [0.2, 0.25) is 0 Å². The van der Waals surface area contributed by atoms with Gasteiger partial charge in [0.05, 0.1) is 0 Å². The molecule has 2 N–H and O–H groups in total. The first-order valence-electron chi connectivity index (χ1n) is 10.6. The number of piperidine rings is 1. The highest BCUT2D eigenvalue weighted by Crippen LogP contribution is 2.28. The predicted molar refractivity (Wildman–Crippen MR) is 107 cm³/mol.